The van der Waals surface area contributed by atoms with Crippen LogP contribution in [-0.2, 0) is 9.53 Å². The third kappa shape index (κ3) is 4.64. The molecule has 1 heterocycles. The lowest BCUT2D eigenvalue weighted by Gasteiger charge is -2.31. The van der Waals surface area contributed by atoms with E-state index in [-0.39, 0.29) is 11.7 Å². The molecule has 0 N–H and O–H groups in total. The van der Waals surface area contributed by atoms with Crippen LogP contribution in [0.5, 0.6) is 5.75 Å². The van der Waals surface area contributed by atoms with Crippen molar-refractivity contribution in [2.75, 3.05) is 19.5 Å². The SMILES string of the molecule is CCOC(=O)CSc1nnc(-c2ccc(OC)cc2)n1[C@@H]1CCCC[C@H]1C. The van der Waals surface area contributed by atoms with Crippen molar-refractivity contribution in [3.05, 3.63) is 24.3 Å². The number of methoxy groups -OCH3 is 1. The summed E-state index contributed by atoms with van der Waals surface area (Å²) in [6.45, 7) is 4.50. The van der Waals surface area contributed by atoms with Gasteiger partial charge in [0.15, 0.2) is 11.0 Å². The van der Waals surface area contributed by atoms with E-state index >= 15 is 0 Å². The van der Waals surface area contributed by atoms with E-state index in [1.165, 1.54) is 31.0 Å². The van der Waals surface area contributed by atoms with Crippen molar-refractivity contribution >= 4 is 17.7 Å². The van der Waals surface area contributed by atoms with Gasteiger partial charge in [0.2, 0.25) is 0 Å². The van der Waals surface area contributed by atoms with Gasteiger partial charge in [0.25, 0.3) is 0 Å². The molecule has 0 amide bonds. The molecule has 1 saturated carbocycles. The molecule has 0 aliphatic heterocycles. The Labute approximate surface area is 164 Å². The first-order valence-corrected chi connectivity index (χ1v) is 10.5. The molecule has 1 aliphatic rings. The van der Waals surface area contributed by atoms with Crippen molar-refractivity contribution in [2.45, 2.75) is 50.7 Å². The largest absolute Gasteiger partial charge is 0.497 e. The van der Waals surface area contributed by atoms with Crippen LogP contribution in [0.2, 0.25) is 0 Å². The van der Waals surface area contributed by atoms with Crippen LogP contribution < -0.4 is 4.74 Å². The highest BCUT2D eigenvalue weighted by atomic mass is 32.2. The van der Waals surface area contributed by atoms with E-state index in [2.05, 4.69) is 21.7 Å². The fourth-order valence-electron chi connectivity index (χ4n) is 3.62. The van der Waals surface area contributed by atoms with Crippen LogP contribution in [0.25, 0.3) is 11.4 Å². The summed E-state index contributed by atoms with van der Waals surface area (Å²) in [5.41, 5.74) is 1.00. The van der Waals surface area contributed by atoms with E-state index in [9.17, 15) is 4.79 Å². The van der Waals surface area contributed by atoms with E-state index < -0.39 is 0 Å². The zero-order chi connectivity index (χ0) is 19.2. The Morgan fingerprint density at radius 3 is 2.63 bits per heavy atom. The number of aromatic nitrogens is 3. The van der Waals surface area contributed by atoms with Crippen molar-refractivity contribution < 1.29 is 14.3 Å². The van der Waals surface area contributed by atoms with Gasteiger partial charge in [-0.3, -0.25) is 9.36 Å². The first-order chi connectivity index (χ1) is 13.1. The number of carbonyl (C=O) groups is 1. The molecule has 146 valence electrons. The lowest BCUT2D eigenvalue weighted by molar-refractivity contribution is -0.139. The molecule has 0 unspecified atom stereocenters. The minimum atomic E-state index is -0.222. The van der Waals surface area contributed by atoms with Crippen molar-refractivity contribution in [2.24, 2.45) is 5.92 Å². The molecule has 0 bridgehead atoms. The van der Waals surface area contributed by atoms with Crippen molar-refractivity contribution in [1.29, 1.82) is 0 Å². The molecular formula is C20H27N3O3S. The summed E-state index contributed by atoms with van der Waals surface area (Å²) in [5, 5.41) is 9.67. The van der Waals surface area contributed by atoms with E-state index in [0.717, 1.165) is 28.7 Å². The molecule has 6 nitrogen and oxygen atoms in total. The number of hydrogen-bond donors (Lipinski definition) is 0. The van der Waals surface area contributed by atoms with E-state index in [1.807, 2.05) is 31.2 Å². The van der Waals surface area contributed by atoms with E-state index in [4.69, 9.17) is 9.47 Å². The maximum absolute atomic E-state index is 11.8. The molecule has 1 aliphatic carbocycles. The summed E-state index contributed by atoms with van der Waals surface area (Å²) in [4.78, 5) is 11.8. The van der Waals surface area contributed by atoms with Gasteiger partial charge < -0.3 is 9.47 Å². The number of esters is 1. The quantitative estimate of drug-likeness (QED) is 0.518. The minimum absolute atomic E-state index is 0.222. The van der Waals surface area contributed by atoms with Crippen LogP contribution in [0.3, 0.4) is 0 Å². The van der Waals surface area contributed by atoms with Gasteiger partial charge in [-0.05, 0) is 49.9 Å². The summed E-state index contributed by atoms with van der Waals surface area (Å²) in [6.07, 6.45) is 4.78. The lowest BCUT2D eigenvalue weighted by Crippen LogP contribution is -2.23. The van der Waals surface area contributed by atoms with Crippen LogP contribution in [-0.4, -0.2) is 40.2 Å². The molecule has 2 aromatic rings. The van der Waals surface area contributed by atoms with Crippen molar-refractivity contribution in [3.63, 3.8) is 0 Å². The average molecular weight is 390 g/mol. The van der Waals surface area contributed by atoms with Gasteiger partial charge in [0.05, 0.1) is 19.5 Å². The molecule has 27 heavy (non-hydrogen) atoms. The second-order valence-electron chi connectivity index (χ2n) is 6.83. The summed E-state index contributed by atoms with van der Waals surface area (Å²) >= 11 is 1.40. The zero-order valence-electron chi connectivity index (χ0n) is 16.2. The molecule has 0 radical (unpaired) electrons. The van der Waals surface area contributed by atoms with Crippen LogP contribution >= 0.6 is 11.8 Å². The minimum Gasteiger partial charge on any atom is -0.497 e. The number of rotatable bonds is 7. The smallest absolute Gasteiger partial charge is 0.316 e. The number of nitrogens with zero attached hydrogens (tertiary/aromatic N) is 3. The molecular weight excluding hydrogens is 362 g/mol. The van der Waals surface area contributed by atoms with Crippen molar-refractivity contribution in [3.8, 4) is 17.1 Å². The second kappa shape index (κ2) is 9.26. The maximum Gasteiger partial charge on any atom is 0.316 e. The zero-order valence-corrected chi connectivity index (χ0v) is 17.0. The van der Waals surface area contributed by atoms with Crippen LogP contribution in [0, 0.1) is 5.92 Å². The van der Waals surface area contributed by atoms with Gasteiger partial charge in [0.1, 0.15) is 5.75 Å². The van der Waals surface area contributed by atoms with Crippen LogP contribution in [0.4, 0.5) is 0 Å². The topological polar surface area (TPSA) is 66.2 Å². The number of carbonyl (C=O) groups excluding carboxylic acids is 1. The molecule has 7 heteroatoms. The van der Waals surface area contributed by atoms with E-state index in [1.54, 1.807) is 7.11 Å². The first-order valence-electron chi connectivity index (χ1n) is 9.51. The normalized spacial score (nSPS) is 19.7. The Morgan fingerprint density at radius 1 is 1.22 bits per heavy atom. The summed E-state index contributed by atoms with van der Waals surface area (Å²) in [6, 6.07) is 8.23. The molecule has 1 aromatic heterocycles. The summed E-state index contributed by atoms with van der Waals surface area (Å²) < 4.78 is 12.6. The molecule has 0 spiro atoms. The lowest BCUT2D eigenvalue weighted by atomic mass is 9.85. The van der Waals surface area contributed by atoms with Gasteiger partial charge in [-0.15, -0.1) is 10.2 Å². The Morgan fingerprint density at radius 2 is 1.96 bits per heavy atom. The Bertz CT molecular complexity index is 760. The van der Waals surface area contributed by atoms with Crippen LogP contribution in [0.15, 0.2) is 29.4 Å². The first kappa shape index (κ1) is 19.7. The molecule has 0 saturated heterocycles. The number of thioether (sulfide) groups is 1. The average Bonchev–Trinajstić information content (AvgIpc) is 3.11. The van der Waals surface area contributed by atoms with Gasteiger partial charge in [0, 0.05) is 11.6 Å². The number of ether oxygens (including phenoxy) is 2. The highest BCUT2D eigenvalue weighted by Gasteiger charge is 2.29. The molecule has 2 atom stereocenters. The fraction of sp³-hybridized carbons (Fsp3) is 0.550. The van der Waals surface area contributed by atoms with Gasteiger partial charge in [-0.25, -0.2) is 0 Å². The van der Waals surface area contributed by atoms with Crippen LogP contribution in [0.1, 0.15) is 45.6 Å². The highest BCUT2D eigenvalue weighted by molar-refractivity contribution is 7.99. The van der Waals surface area contributed by atoms with Gasteiger partial charge in [-0.2, -0.15) is 0 Å². The third-order valence-electron chi connectivity index (χ3n) is 5.04. The van der Waals surface area contributed by atoms with Crippen molar-refractivity contribution in [1.82, 2.24) is 14.8 Å². The predicted molar refractivity (Wildman–Crippen MR) is 106 cm³/mol. The third-order valence-corrected chi connectivity index (χ3v) is 5.95. The van der Waals surface area contributed by atoms with Gasteiger partial charge >= 0.3 is 5.97 Å². The highest BCUT2D eigenvalue weighted by Crippen LogP contribution is 2.39. The molecule has 1 aromatic carbocycles. The monoisotopic (exact) mass is 389 g/mol. The fourth-order valence-corrected chi connectivity index (χ4v) is 4.41. The standard InChI is InChI=1S/C20H27N3O3S/c1-4-26-18(24)13-27-20-22-21-19(15-9-11-16(25-3)12-10-15)23(20)17-8-6-5-7-14(17)2/h9-12,14,17H,4-8,13H2,1-3H3/t14-,17-/m1/s1. The number of hydrogen-bond acceptors (Lipinski definition) is 6. The Balaban J connectivity index is 1.93. The van der Waals surface area contributed by atoms with Gasteiger partial charge in [-0.1, -0.05) is 31.5 Å². The van der Waals surface area contributed by atoms with E-state index in [0.29, 0.717) is 18.6 Å². The Kier molecular flexibility index (Phi) is 6.77. The second-order valence-corrected chi connectivity index (χ2v) is 7.77. The predicted octanol–water partition coefficient (Wildman–Crippen LogP) is 4.36. The Hall–Kier alpha value is -2.02. The maximum atomic E-state index is 11.8. The molecule has 1 fully saturated rings. The molecule has 3 rings (SSSR count). The number of benzene rings is 1. The summed E-state index contributed by atoms with van der Waals surface area (Å²) in [5.74, 6) is 2.24. The summed E-state index contributed by atoms with van der Waals surface area (Å²) in [7, 11) is 1.66.